The lowest BCUT2D eigenvalue weighted by Gasteiger charge is -1.96. The van der Waals surface area contributed by atoms with Crippen LogP contribution in [0.15, 0.2) is 36.5 Å². The molecule has 3 aromatic rings. The minimum absolute atomic E-state index is 0.458. The molecule has 18 heavy (non-hydrogen) atoms. The van der Waals surface area contributed by atoms with Crippen molar-refractivity contribution in [3.8, 4) is 11.3 Å². The minimum atomic E-state index is 0.458. The largest absolute Gasteiger partial charge is 0.227 e. The molecule has 0 amide bonds. The third-order valence-corrected chi connectivity index (χ3v) is 3.16. The highest BCUT2D eigenvalue weighted by molar-refractivity contribution is 6.30. The molecule has 0 aliphatic rings. The molecule has 3 nitrogen and oxygen atoms in total. The molecule has 0 aliphatic carbocycles. The van der Waals surface area contributed by atoms with E-state index in [-0.39, 0.29) is 0 Å². The van der Waals surface area contributed by atoms with Crippen LogP contribution in [0, 0.1) is 6.92 Å². The molecule has 90 valence electrons. The lowest BCUT2D eigenvalue weighted by atomic mass is 10.2. The summed E-state index contributed by atoms with van der Waals surface area (Å²) < 4.78 is 1.70. The molecule has 0 spiro atoms. The highest BCUT2D eigenvalue weighted by Gasteiger charge is 2.08. The molecule has 0 bridgehead atoms. The topological polar surface area (TPSA) is 30.2 Å². The van der Waals surface area contributed by atoms with Crippen molar-refractivity contribution < 1.29 is 0 Å². The first-order valence-corrected chi connectivity index (χ1v) is 6.17. The summed E-state index contributed by atoms with van der Waals surface area (Å²) in [5, 5.41) is 5.36. The first-order valence-electron chi connectivity index (χ1n) is 5.42. The number of hydrogen-bond donors (Lipinski definition) is 0. The molecule has 2 heterocycles. The fraction of sp³-hybridized carbons (Fsp3) is 0.0769. The van der Waals surface area contributed by atoms with Crippen molar-refractivity contribution in [3.05, 3.63) is 52.3 Å². The van der Waals surface area contributed by atoms with Gasteiger partial charge in [0, 0.05) is 10.6 Å². The molecule has 0 atom stereocenters. The Labute approximate surface area is 114 Å². The third kappa shape index (κ3) is 1.96. The maximum absolute atomic E-state index is 5.92. The smallest absolute Gasteiger partial charge is 0.157 e. The van der Waals surface area contributed by atoms with Gasteiger partial charge in [-0.25, -0.2) is 9.50 Å². The van der Waals surface area contributed by atoms with E-state index in [9.17, 15) is 0 Å². The summed E-state index contributed by atoms with van der Waals surface area (Å²) in [6.07, 6.45) is 1.86. The van der Waals surface area contributed by atoms with Crippen LogP contribution in [0.5, 0.6) is 0 Å². The average Bonchev–Trinajstić information content (AvgIpc) is 2.74. The van der Waals surface area contributed by atoms with E-state index < -0.39 is 0 Å². The molecule has 2 aromatic heterocycles. The third-order valence-electron chi connectivity index (χ3n) is 2.72. The Hall–Kier alpha value is -1.58. The summed E-state index contributed by atoms with van der Waals surface area (Å²) in [6.45, 7) is 1.96. The standard InChI is InChI=1S/C13H9Cl2N3/c1-8-6-12(15)17-18-7-11(16-13(8)18)9-2-4-10(14)5-3-9/h2-7H,1H3. The summed E-state index contributed by atoms with van der Waals surface area (Å²) in [5.41, 5.74) is 3.66. The zero-order valence-corrected chi connectivity index (χ0v) is 11.1. The van der Waals surface area contributed by atoms with Gasteiger partial charge in [0.2, 0.25) is 0 Å². The van der Waals surface area contributed by atoms with Crippen LogP contribution < -0.4 is 0 Å². The number of benzene rings is 1. The van der Waals surface area contributed by atoms with E-state index in [4.69, 9.17) is 23.2 Å². The summed E-state index contributed by atoms with van der Waals surface area (Å²) in [4.78, 5) is 4.55. The monoisotopic (exact) mass is 277 g/mol. The molecular formula is C13H9Cl2N3. The molecular weight excluding hydrogens is 269 g/mol. The number of aromatic nitrogens is 3. The number of aryl methyl sites for hydroxylation is 1. The summed E-state index contributed by atoms with van der Waals surface area (Å²) >= 11 is 11.8. The fourth-order valence-electron chi connectivity index (χ4n) is 1.85. The summed E-state index contributed by atoms with van der Waals surface area (Å²) in [6, 6.07) is 9.35. The van der Waals surface area contributed by atoms with Crippen molar-refractivity contribution in [1.29, 1.82) is 0 Å². The Morgan fingerprint density at radius 1 is 1.11 bits per heavy atom. The molecule has 0 radical (unpaired) electrons. The van der Waals surface area contributed by atoms with E-state index in [1.165, 1.54) is 0 Å². The average molecular weight is 278 g/mol. The Kier molecular flexibility index (Phi) is 2.73. The highest BCUT2D eigenvalue weighted by Crippen LogP contribution is 2.22. The van der Waals surface area contributed by atoms with Crippen LogP contribution in [0.1, 0.15) is 5.56 Å². The second-order valence-electron chi connectivity index (χ2n) is 4.05. The number of rotatable bonds is 1. The van der Waals surface area contributed by atoms with Crippen molar-refractivity contribution in [3.63, 3.8) is 0 Å². The zero-order valence-electron chi connectivity index (χ0n) is 9.56. The Morgan fingerprint density at radius 2 is 1.83 bits per heavy atom. The first-order chi connectivity index (χ1) is 8.63. The molecule has 0 aliphatic heterocycles. The highest BCUT2D eigenvalue weighted by atomic mass is 35.5. The Morgan fingerprint density at radius 3 is 2.56 bits per heavy atom. The molecule has 1 aromatic carbocycles. The van der Waals surface area contributed by atoms with Gasteiger partial charge in [-0.15, -0.1) is 0 Å². The fourth-order valence-corrected chi connectivity index (χ4v) is 2.22. The first kappa shape index (κ1) is 11.5. The van der Waals surface area contributed by atoms with Crippen LogP contribution in [0.25, 0.3) is 16.9 Å². The Balaban J connectivity index is 2.19. The predicted molar refractivity (Wildman–Crippen MR) is 73.2 cm³/mol. The number of fused-ring (bicyclic) bond motifs is 1. The van der Waals surface area contributed by atoms with Crippen molar-refractivity contribution in [2.75, 3.05) is 0 Å². The SMILES string of the molecule is Cc1cc(Cl)nn2cc(-c3ccc(Cl)cc3)nc12. The van der Waals surface area contributed by atoms with Crippen LogP contribution in [0.3, 0.4) is 0 Å². The quantitative estimate of drug-likeness (QED) is 0.673. The van der Waals surface area contributed by atoms with Crippen molar-refractivity contribution in [2.45, 2.75) is 6.92 Å². The van der Waals surface area contributed by atoms with Crippen molar-refractivity contribution in [2.24, 2.45) is 0 Å². The predicted octanol–water partition coefficient (Wildman–Crippen LogP) is 4.01. The molecule has 0 N–H and O–H groups in total. The van der Waals surface area contributed by atoms with E-state index in [1.807, 2.05) is 37.4 Å². The van der Waals surface area contributed by atoms with Crippen LogP contribution in [-0.4, -0.2) is 14.6 Å². The summed E-state index contributed by atoms with van der Waals surface area (Å²) in [5.74, 6) is 0. The van der Waals surface area contributed by atoms with Crippen LogP contribution in [0.2, 0.25) is 10.2 Å². The summed E-state index contributed by atoms with van der Waals surface area (Å²) in [7, 11) is 0. The number of halogens is 2. The lowest BCUT2D eigenvalue weighted by Crippen LogP contribution is -1.92. The molecule has 0 saturated heterocycles. The maximum Gasteiger partial charge on any atom is 0.157 e. The maximum atomic E-state index is 5.92. The van der Waals surface area contributed by atoms with Gasteiger partial charge in [-0.3, -0.25) is 0 Å². The minimum Gasteiger partial charge on any atom is -0.227 e. The molecule has 0 saturated carbocycles. The van der Waals surface area contributed by atoms with Gasteiger partial charge >= 0.3 is 0 Å². The second-order valence-corrected chi connectivity index (χ2v) is 4.87. The van der Waals surface area contributed by atoms with Crippen molar-refractivity contribution in [1.82, 2.24) is 14.6 Å². The Bertz CT molecular complexity index is 717. The van der Waals surface area contributed by atoms with E-state index in [2.05, 4.69) is 10.1 Å². The van der Waals surface area contributed by atoms with Gasteiger partial charge in [0.1, 0.15) is 5.15 Å². The van der Waals surface area contributed by atoms with Gasteiger partial charge in [0.25, 0.3) is 0 Å². The second kappa shape index (κ2) is 4.26. The number of hydrogen-bond acceptors (Lipinski definition) is 2. The van der Waals surface area contributed by atoms with Crippen LogP contribution >= 0.6 is 23.2 Å². The molecule has 0 fully saturated rings. The van der Waals surface area contributed by atoms with Crippen LogP contribution in [-0.2, 0) is 0 Å². The van der Waals surface area contributed by atoms with Crippen LogP contribution in [0.4, 0.5) is 0 Å². The number of imidazole rings is 1. The number of nitrogens with zero attached hydrogens (tertiary/aromatic N) is 3. The van der Waals surface area contributed by atoms with Gasteiger partial charge < -0.3 is 0 Å². The van der Waals surface area contributed by atoms with E-state index in [0.717, 1.165) is 22.5 Å². The van der Waals surface area contributed by atoms with Gasteiger partial charge in [0.05, 0.1) is 11.9 Å². The molecule has 3 rings (SSSR count). The van der Waals surface area contributed by atoms with Gasteiger partial charge in [-0.2, -0.15) is 5.10 Å². The molecule has 5 heteroatoms. The van der Waals surface area contributed by atoms with E-state index >= 15 is 0 Å². The normalized spacial score (nSPS) is 11.1. The van der Waals surface area contributed by atoms with Gasteiger partial charge in [0.15, 0.2) is 5.65 Å². The van der Waals surface area contributed by atoms with Gasteiger partial charge in [-0.1, -0.05) is 35.3 Å². The van der Waals surface area contributed by atoms with Crippen molar-refractivity contribution >= 4 is 28.8 Å². The van der Waals surface area contributed by atoms with E-state index in [0.29, 0.717) is 10.2 Å². The van der Waals surface area contributed by atoms with Gasteiger partial charge in [-0.05, 0) is 30.7 Å². The molecule has 0 unspecified atom stereocenters. The lowest BCUT2D eigenvalue weighted by molar-refractivity contribution is 0.928. The zero-order chi connectivity index (χ0) is 12.7. The van der Waals surface area contributed by atoms with E-state index in [1.54, 1.807) is 10.6 Å².